The average molecular weight is 270 g/mol. The summed E-state index contributed by atoms with van der Waals surface area (Å²) in [5.41, 5.74) is 0.948. The number of hydrogen-bond donors (Lipinski definition) is 2. The van der Waals surface area contributed by atoms with Crippen LogP contribution in [-0.4, -0.2) is 24.9 Å². The van der Waals surface area contributed by atoms with E-state index in [2.05, 4.69) is 5.32 Å². The fourth-order valence-electron chi connectivity index (χ4n) is 2.37. The van der Waals surface area contributed by atoms with E-state index in [-0.39, 0.29) is 6.10 Å². The lowest BCUT2D eigenvalue weighted by Gasteiger charge is -2.26. The Morgan fingerprint density at radius 3 is 2.67 bits per heavy atom. The van der Waals surface area contributed by atoms with Crippen molar-refractivity contribution in [2.75, 3.05) is 19.0 Å². The van der Waals surface area contributed by atoms with Gasteiger partial charge < -0.3 is 15.2 Å². The molecule has 0 spiro atoms. The number of anilines is 1. The predicted octanol–water partition coefficient (Wildman–Crippen LogP) is 3.31. The Morgan fingerprint density at radius 1 is 1.33 bits per heavy atom. The number of aliphatic hydroxyl groups excluding tert-OH is 1. The van der Waals surface area contributed by atoms with Gasteiger partial charge in [0.05, 0.1) is 23.9 Å². The maximum atomic E-state index is 9.46. The van der Waals surface area contributed by atoms with Gasteiger partial charge in [-0.25, -0.2) is 0 Å². The molecule has 0 aromatic heterocycles. The van der Waals surface area contributed by atoms with Gasteiger partial charge in [0.15, 0.2) is 0 Å². The fraction of sp³-hybridized carbons (Fsp3) is 0.571. The van der Waals surface area contributed by atoms with Crippen LogP contribution in [0.1, 0.15) is 25.7 Å². The van der Waals surface area contributed by atoms with Gasteiger partial charge in [0.25, 0.3) is 0 Å². The highest BCUT2D eigenvalue weighted by Crippen LogP contribution is 2.29. The largest absolute Gasteiger partial charge is 0.497 e. The molecule has 2 rings (SSSR count). The summed E-state index contributed by atoms with van der Waals surface area (Å²) in [5, 5.41) is 13.5. The fourth-order valence-corrected chi connectivity index (χ4v) is 2.61. The molecule has 0 unspecified atom stereocenters. The van der Waals surface area contributed by atoms with Gasteiger partial charge in [0, 0.05) is 12.6 Å². The normalized spacial score (nSPS) is 23.7. The van der Waals surface area contributed by atoms with E-state index in [0.717, 1.165) is 43.7 Å². The highest BCUT2D eigenvalue weighted by molar-refractivity contribution is 6.33. The summed E-state index contributed by atoms with van der Waals surface area (Å²) in [5.74, 6) is 1.40. The molecule has 0 radical (unpaired) electrons. The molecule has 100 valence electrons. The Kier molecular flexibility index (Phi) is 4.72. The second kappa shape index (κ2) is 6.30. The van der Waals surface area contributed by atoms with Crippen LogP contribution in [0.4, 0.5) is 5.69 Å². The molecule has 0 saturated heterocycles. The first kappa shape index (κ1) is 13.5. The second-order valence-electron chi connectivity index (χ2n) is 4.90. The number of halogens is 1. The molecule has 4 heteroatoms. The zero-order valence-electron chi connectivity index (χ0n) is 10.7. The molecule has 2 N–H and O–H groups in total. The van der Waals surface area contributed by atoms with Crippen LogP contribution in [0.25, 0.3) is 0 Å². The van der Waals surface area contributed by atoms with E-state index in [0.29, 0.717) is 10.9 Å². The lowest BCUT2D eigenvalue weighted by Crippen LogP contribution is -2.23. The van der Waals surface area contributed by atoms with Gasteiger partial charge in [-0.1, -0.05) is 11.6 Å². The van der Waals surface area contributed by atoms with E-state index in [4.69, 9.17) is 16.3 Å². The van der Waals surface area contributed by atoms with Gasteiger partial charge in [0.2, 0.25) is 0 Å². The van der Waals surface area contributed by atoms with Crippen molar-refractivity contribution < 1.29 is 9.84 Å². The highest BCUT2D eigenvalue weighted by Gasteiger charge is 2.19. The SMILES string of the molecule is COc1ccc(NCC2CCC(O)CC2)c(Cl)c1. The summed E-state index contributed by atoms with van der Waals surface area (Å²) in [6.07, 6.45) is 3.92. The zero-order valence-corrected chi connectivity index (χ0v) is 11.4. The molecule has 0 aliphatic heterocycles. The molecule has 1 aromatic rings. The van der Waals surface area contributed by atoms with Gasteiger partial charge in [-0.2, -0.15) is 0 Å². The quantitative estimate of drug-likeness (QED) is 0.881. The molecule has 1 fully saturated rings. The summed E-state index contributed by atoms with van der Waals surface area (Å²) < 4.78 is 5.12. The van der Waals surface area contributed by atoms with Crippen molar-refractivity contribution >= 4 is 17.3 Å². The van der Waals surface area contributed by atoms with Crippen molar-refractivity contribution in [3.63, 3.8) is 0 Å². The van der Waals surface area contributed by atoms with Gasteiger partial charge >= 0.3 is 0 Å². The summed E-state index contributed by atoms with van der Waals surface area (Å²) in [4.78, 5) is 0. The molecule has 0 amide bonds. The van der Waals surface area contributed by atoms with Crippen LogP contribution >= 0.6 is 11.6 Å². The van der Waals surface area contributed by atoms with Crippen LogP contribution in [0.15, 0.2) is 18.2 Å². The molecule has 0 heterocycles. The van der Waals surface area contributed by atoms with E-state index < -0.39 is 0 Å². The van der Waals surface area contributed by atoms with Crippen molar-refractivity contribution in [1.29, 1.82) is 0 Å². The minimum Gasteiger partial charge on any atom is -0.497 e. The Labute approximate surface area is 113 Å². The number of rotatable bonds is 4. The topological polar surface area (TPSA) is 41.5 Å². The van der Waals surface area contributed by atoms with Crippen LogP contribution in [0, 0.1) is 5.92 Å². The maximum Gasteiger partial charge on any atom is 0.120 e. The average Bonchev–Trinajstić information content (AvgIpc) is 2.39. The highest BCUT2D eigenvalue weighted by atomic mass is 35.5. The van der Waals surface area contributed by atoms with E-state index in [1.807, 2.05) is 18.2 Å². The maximum absolute atomic E-state index is 9.46. The number of ether oxygens (including phenoxy) is 1. The minimum atomic E-state index is -0.0918. The molecule has 18 heavy (non-hydrogen) atoms. The van der Waals surface area contributed by atoms with E-state index in [9.17, 15) is 5.11 Å². The Morgan fingerprint density at radius 2 is 2.06 bits per heavy atom. The standard InChI is InChI=1S/C14H20ClNO2/c1-18-12-6-7-14(13(15)8-12)16-9-10-2-4-11(17)5-3-10/h6-8,10-11,16-17H,2-5,9H2,1H3. The summed E-state index contributed by atoms with van der Waals surface area (Å²) in [6.45, 7) is 0.915. The van der Waals surface area contributed by atoms with Crippen LogP contribution in [0.5, 0.6) is 5.75 Å². The summed E-state index contributed by atoms with van der Waals surface area (Å²) >= 11 is 6.17. The molecule has 1 saturated carbocycles. The van der Waals surface area contributed by atoms with E-state index >= 15 is 0 Å². The number of nitrogens with one attached hydrogen (secondary N) is 1. The van der Waals surface area contributed by atoms with Gasteiger partial charge in [-0.3, -0.25) is 0 Å². The Bertz CT molecular complexity index is 389. The van der Waals surface area contributed by atoms with E-state index in [1.165, 1.54) is 0 Å². The van der Waals surface area contributed by atoms with Crippen molar-refractivity contribution in [2.45, 2.75) is 31.8 Å². The van der Waals surface area contributed by atoms with Crippen LogP contribution in [0.2, 0.25) is 5.02 Å². The molecule has 1 aliphatic rings. The predicted molar refractivity (Wildman–Crippen MR) is 74.5 cm³/mol. The van der Waals surface area contributed by atoms with Crippen molar-refractivity contribution in [2.24, 2.45) is 5.92 Å². The lowest BCUT2D eigenvalue weighted by atomic mass is 9.87. The summed E-state index contributed by atoms with van der Waals surface area (Å²) in [7, 11) is 1.63. The monoisotopic (exact) mass is 269 g/mol. The molecule has 3 nitrogen and oxygen atoms in total. The molecular formula is C14H20ClNO2. The number of aliphatic hydroxyl groups is 1. The third kappa shape index (κ3) is 3.53. The van der Waals surface area contributed by atoms with Crippen LogP contribution in [-0.2, 0) is 0 Å². The molecule has 1 aromatic carbocycles. The minimum absolute atomic E-state index is 0.0918. The first-order valence-corrected chi connectivity index (χ1v) is 6.82. The first-order chi connectivity index (χ1) is 8.69. The Hall–Kier alpha value is -0.930. The summed E-state index contributed by atoms with van der Waals surface area (Å²) in [6, 6.07) is 5.66. The van der Waals surface area contributed by atoms with Gasteiger partial charge in [0.1, 0.15) is 5.75 Å². The number of hydrogen-bond acceptors (Lipinski definition) is 3. The molecule has 1 aliphatic carbocycles. The number of methoxy groups -OCH3 is 1. The molecule has 0 atom stereocenters. The third-order valence-corrected chi connectivity index (χ3v) is 3.89. The van der Waals surface area contributed by atoms with Crippen LogP contribution in [0.3, 0.4) is 0 Å². The van der Waals surface area contributed by atoms with E-state index in [1.54, 1.807) is 7.11 Å². The molecule has 0 bridgehead atoms. The van der Waals surface area contributed by atoms with Crippen molar-refractivity contribution in [1.82, 2.24) is 0 Å². The third-order valence-electron chi connectivity index (χ3n) is 3.57. The smallest absolute Gasteiger partial charge is 0.120 e. The zero-order chi connectivity index (χ0) is 13.0. The second-order valence-corrected chi connectivity index (χ2v) is 5.31. The van der Waals surface area contributed by atoms with Gasteiger partial charge in [-0.15, -0.1) is 0 Å². The van der Waals surface area contributed by atoms with Crippen molar-refractivity contribution in [3.8, 4) is 5.75 Å². The molecular weight excluding hydrogens is 250 g/mol. The lowest BCUT2D eigenvalue weighted by molar-refractivity contribution is 0.111. The van der Waals surface area contributed by atoms with Gasteiger partial charge in [-0.05, 0) is 43.7 Å². The number of benzene rings is 1. The first-order valence-electron chi connectivity index (χ1n) is 6.44. The van der Waals surface area contributed by atoms with Crippen LogP contribution < -0.4 is 10.1 Å². The van der Waals surface area contributed by atoms with Crippen molar-refractivity contribution in [3.05, 3.63) is 23.2 Å². The Balaban J connectivity index is 1.86.